The average molecular weight is 419 g/mol. The van der Waals surface area contributed by atoms with E-state index in [2.05, 4.69) is 10.6 Å². The first-order valence-corrected chi connectivity index (χ1v) is 10.1. The van der Waals surface area contributed by atoms with Crippen molar-refractivity contribution in [2.75, 3.05) is 26.7 Å². The summed E-state index contributed by atoms with van der Waals surface area (Å²) in [6, 6.07) is 5.59. The molecule has 0 spiro atoms. The van der Waals surface area contributed by atoms with E-state index in [0.717, 1.165) is 12.8 Å². The molecular weight excluding hydrogens is 392 g/mol. The maximum Gasteiger partial charge on any atom is 0.251 e. The van der Waals surface area contributed by atoms with Crippen LogP contribution >= 0.6 is 12.4 Å². The second kappa shape index (κ2) is 10.6. The highest BCUT2D eigenvalue weighted by molar-refractivity contribution is 7.89. The van der Waals surface area contributed by atoms with Gasteiger partial charge < -0.3 is 16.4 Å². The van der Waals surface area contributed by atoms with Gasteiger partial charge in [0.25, 0.3) is 5.91 Å². The molecule has 1 aliphatic rings. The highest BCUT2D eigenvalue weighted by atomic mass is 35.5. The van der Waals surface area contributed by atoms with Crippen molar-refractivity contribution >= 4 is 34.2 Å². The first-order chi connectivity index (χ1) is 12.4. The Morgan fingerprint density at radius 1 is 1.22 bits per heavy atom. The highest BCUT2D eigenvalue weighted by Gasteiger charge is 2.33. The molecule has 10 heteroatoms. The van der Waals surface area contributed by atoms with Crippen LogP contribution in [0.4, 0.5) is 0 Å². The van der Waals surface area contributed by atoms with Crippen LogP contribution in [0.25, 0.3) is 0 Å². The number of rotatable bonds is 7. The lowest BCUT2D eigenvalue weighted by molar-refractivity contribution is -0.121. The molecule has 0 bridgehead atoms. The number of hydrogen-bond donors (Lipinski definition) is 3. The molecule has 1 atom stereocenters. The number of hydrogen-bond acceptors (Lipinski definition) is 5. The molecule has 2 rings (SSSR count). The third kappa shape index (κ3) is 5.90. The molecule has 1 aromatic carbocycles. The number of nitrogens with one attached hydrogen (secondary N) is 2. The highest BCUT2D eigenvalue weighted by Crippen LogP contribution is 2.25. The number of benzene rings is 1. The van der Waals surface area contributed by atoms with E-state index in [1.54, 1.807) is 0 Å². The number of sulfonamides is 1. The molecule has 1 unspecified atom stereocenters. The number of nitrogens with two attached hydrogens (primary N) is 1. The number of amides is 2. The summed E-state index contributed by atoms with van der Waals surface area (Å²) in [7, 11) is -2.18. The molecule has 8 nitrogen and oxygen atoms in total. The molecular formula is C17H27ClN4O4S. The molecule has 0 radical (unpaired) electrons. The standard InChI is InChI=1S/C17H26N4O4S.ClH/c1-19-17(23)13-5-7-15(8-6-13)26(24,25)21-11-3-2-4-14(21)12-20-16(22)9-10-18;/h5-8,14H,2-4,9-12,18H2,1H3,(H,19,23)(H,20,22);1H. The summed E-state index contributed by atoms with van der Waals surface area (Å²) >= 11 is 0. The lowest BCUT2D eigenvalue weighted by atomic mass is 10.1. The molecule has 4 N–H and O–H groups in total. The van der Waals surface area contributed by atoms with Crippen molar-refractivity contribution < 1.29 is 18.0 Å². The minimum absolute atomic E-state index is 0. The maximum absolute atomic E-state index is 13.0. The van der Waals surface area contributed by atoms with Gasteiger partial charge in [-0.2, -0.15) is 4.31 Å². The van der Waals surface area contributed by atoms with Crippen molar-refractivity contribution in [2.45, 2.75) is 36.6 Å². The molecule has 2 amide bonds. The van der Waals surface area contributed by atoms with E-state index in [-0.39, 0.29) is 54.7 Å². The summed E-state index contributed by atoms with van der Waals surface area (Å²) < 4.78 is 27.5. The summed E-state index contributed by atoms with van der Waals surface area (Å²) in [5.74, 6) is -0.447. The van der Waals surface area contributed by atoms with Crippen LogP contribution in [0.5, 0.6) is 0 Å². The van der Waals surface area contributed by atoms with Gasteiger partial charge in [0.1, 0.15) is 0 Å². The van der Waals surface area contributed by atoms with Gasteiger partial charge in [-0.3, -0.25) is 9.59 Å². The molecule has 0 aliphatic carbocycles. The van der Waals surface area contributed by atoms with Gasteiger partial charge in [-0.15, -0.1) is 12.4 Å². The number of carbonyl (C=O) groups is 2. The second-order valence-corrected chi connectivity index (χ2v) is 8.10. The molecule has 0 saturated carbocycles. The Morgan fingerprint density at radius 2 is 1.89 bits per heavy atom. The largest absolute Gasteiger partial charge is 0.355 e. The van der Waals surface area contributed by atoms with E-state index in [1.165, 1.54) is 35.6 Å². The summed E-state index contributed by atoms with van der Waals surface area (Å²) in [6.07, 6.45) is 2.61. The van der Waals surface area contributed by atoms with Crippen LogP contribution < -0.4 is 16.4 Å². The molecule has 1 aliphatic heterocycles. The zero-order valence-electron chi connectivity index (χ0n) is 15.3. The SMILES string of the molecule is CNC(=O)c1ccc(S(=O)(=O)N2CCCCC2CNC(=O)CCN)cc1.Cl. The molecule has 1 heterocycles. The van der Waals surface area contributed by atoms with Crippen molar-refractivity contribution in [3.8, 4) is 0 Å². The number of piperidine rings is 1. The molecule has 1 aromatic rings. The van der Waals surface area contributed by atoms with E-state index in [1.807, 2.05) is 0 Å². The van der Waals surface area contributed by atoms with Crippen molar-refractivity contribution in [1.82, 2.24) is 14.9 Å². The fourth-order valence-electron chi connectivity index (χ4n) is 3.00. The van der Waals surface area contributed by atoms with Crippen molar-refractivity contribution in [2.24, 2.45) is 5.73 Å². The van der Waals surface area contributed by atoms with Crippen LogP contribution in [0.2, 0.25) is 0 Å². The minimum atomic E-state index is -3.69. The van der Waals surface area contributed by atoms with Crippen LogP contribution in [0.3, 0.4) is 0 Å². The van der Waals surface area contributed by atoms with E-state index >= 15 is 0 Å². The average Bonchev–Trinajstić information content (AvgIpc) is 2.66. The van der Waals surface area contributed by atoms with Crippen LogP contribution in [0.1, 0.15) is 36.0 Å². The van der Waals surface area contributed by atoms with E-state index in [0.29, 0.717) is 18.5 Å². The van der Waals surface area contributed by atoms with Crippen LogP contribution in [-0.2, 0) is 14.8 Å². The zero-order chi connectivity index (χ0) is 19.2. The quantitative estimate of drug-likeness (QED) is 0.594. The molecule has 1 saturated heterocycles. The van der Waals surface area contributed by atoms with Gasteiger partial charge in [0.15, 0.2) is 0 Å². The van der Waals surface area contributed by atoms with Gasteiger partial charge in [0.2, 0.25) is 15.9 Å². The Labute approximate surface area is 166 Å². The summed E-state index contributed by atoms with van der Waals surface area (Å²) in [6.45, 7) is 0.946. The first kappa shape index (κ1) is 23.4. The minimum Gasteiger partial charge on any atom is -0.355 e. The number of carbonyl (C=O) groups excluding carboxylic acids is 2. The Bertz CT molecular complexity index is 740. The molecule has 27 heavy (non-hydrogen) atoms. The topological polar surface area (TPSA) is 122 Å². The predicted molar refractivity (Wildman–Crippen MR) is 105 cm³/mol. The fraction of sp³-hybridized carbons (Fsp3) is 0.529. The third-order valence-electron chi connectivity index (χ3n) is 4.43. The van der Waals surface area contributed by atoms with Gasteiger partial charge in [0, 0.05) is 44.7 Å². The molecule has 152 valence electrons. The summed E-state index contributed by atoms with van der Waals surface area (Å²) in [5.41, 5.74) is 5.76. The summed E-state index contributed by atoms with van der Waals surface area (Å²) in [4.78, 5) is 23.4. The monoisotopic (exact) mass is 418 g/mol. The van der Waals surface area contributed by atoms with Crippen molar-refractivity contribution in [3.05, 3.63) is 29.8 Å². The molecule has 0 aromatic heterocycles. The Balaban J connectivity index is 0.00000364. The predicted octanol–water partition coefficient (Wildman–Crippen LogP) is 0.476. The lowest BCUT2D eigenvalue weighted by Gasteiger charge is -2.34. The normalized spacial score (nSPS) is 17.6. The van der Waals surface area contributed by atoms with Crippen molar-refractivity contribution in [3.63, 3.8) is 0 Å². The van der Waals surface area contributed by atoms with Gasteiger partial charge in [-0.1, -0.05) is 6.42 Å². The van der Waals surface area contributed by atoms with Crippen LogP contribution in [0, 0.1) is 0 Å². The van der Waals surface area contributed by atoms with Gasteiger partial charge >= 0.3 is 0 Å². The first-order valence-electron chi connectivity index (χ1n) is 8.71. The number of nitrogens with zero attached hydrogens (tertiary/aromatic N) is 1. The van der Waals surface area contributed by atoms with E-state index in [4.69, 9.17) is 5.73 Å². The zero-order valence-corrected chi connectivity index (χ0v) is 16.9. The van der Waals surface area contributed by atoms with E-state index in [9.17, 15) is 18.0 Å². The van der Waals surface area contributed by atoms with Crippen LogP contribution in [0.15, 0.2) is 29.2 Å². The Kier molecular flexibility index (Phi) is 9.17. The van der Waals surface area contributed by atoms with Crippen molar-refractivity contribution in [1.29, 1.82) is 0 Å². The second-order valence-electron chi connectivity index (χ2n) is 6.21. The van der Waals surface area contributed by atoms with E-state index < -0.39 is 10.0 Å². The Hall–Kier alpha value is -1.68. The Morgan fingerprint density at radius 3 is 2.48 bits per heavy atom. The van der Waals surface area contributed by atoms with Gasteiger partial charge in [0.05, 0.1) is 4.90 Å². The summed E-state index contributed by atoms with van der Waals surface area (Å²) in [5, 5.41) is 5.26. The molecule has 1 fully saturated rings. The lowest BCUT2D eigenvalue weighted by Crippen LogP contribution is -2.49. The maximum atomic E-state index is 13.0. The van der Waals surface area contributed by atoms with Crippen LogP contribution in [-0.4, -0.2) is 57.3 Å². The smallest absolute Gasteiger partial charge is 0.251 e. The number of halogens is 1. The fourth-order valence-corrected chi connectivity index (χ4v) is 4.70. The third-order valence-corrected chi connectivity index (χ3v) is 6.40. The van der Waals surface area contributed by atoms with Gasteiger partial charge in [-0.05, 0) is 37.1 Å². The van der Waals surface area contributed by atoms with Gasteiger partial charge in [-0.25, -0.2) is 8.42 Å².